The van der Waals surface area contributed by atoms with Crippen LogP contribution in [-0.4, -0.2) is 52.4 Å². The minimum atomic E-state index is -1.02. The highest BCUT2D eigenvalue weighted by atomic mass is 35.5. The molecule has 0 saturated carbocycles. The number of aromatic nitrogens is 1. The number of carbonyl (C=O) groups excluding carboxylic acids is 3. The van der Waals surface area contributed by atoms with Crippen molar-refractivity contribution < 1.29 is 33.3 Å². The molecule has 1 aromatic heterocycles. The molecule has 2 aromatic rings. The molecular weight excluding hydrogens is 470 g/mol. The third-order valence-corrected chi connectivity index (χ3v) is 6.23. The van der Waals surface area contributed by atoms with Gasteiger partial charge in [-0.25, -0.2) is 0 Å². The molecule has 1 fully saturated rings. The van der Waals surface area contributed by atoms with E-state index in [9.17, 15) is 14.4 Å². The summed E-state index contributed by atoms with van der Waals surface area (Å²) in [6, 6.07) is 7.47. The smallest absolute Gasteiger partial charge is 0.303 e. The first kappa shape index (κ1) is 24.9. The third-order valence-electron chi connectivity index (χ3n) is 4.71. The van der Waals surface area contributed by atoms with Gasteiger partial charge < -0.3 is 18.9 Å². The van der Waals surface area contributed by atoms with E-state index in [2.05, 4.69) is 4.98 Å². The van der Waals surface area contributed by atoms with Crippen LogP contribution in [0.4, 0.5) is 0 Å². The summed E-state index contributed by atoms with van der Waals surface area (Å²) in [6.45, 7) is 5.67. The SMILES string of the molecule is CC(=O)O[C@@H]1[C@@H](OC(C)=O)[C@H](OC(C)=O)CS[C@H]1Oc1cncc(-c2ccc(C)cc2Cl)c1. The van der Waals surface area contributed by atoms with Crippen molar-refractivity contribution in [2.24, 2.45) is 0 Å². The van der Waals surface area contributed by atoms with Crippen LogP contribution < -0.4 is 4.74 Å². The molecule has 1 aliphatic rings. The standard InChI is InChI=1S/C23H24ClNO7S/c1-12-5-6-18(19(24)7-12)16-8-17(10-25-9-16)32-23-22(31-15(4)28)21(30-14(3)27)20(11-33-23)29-13(2)26/h5-10,20-23H,11H2,1-4H3/t20-,21+,22-,23-/m1/s1. The first-order valence-electron chi connectivity index (χ1n) is 10.2. The number of halogens is 1. The number of aryl methyl sites for hydroxylation is 1. The van der Waals surface area contributed by atoms with Gasteiger partial charge in [0.25, 0.3) is 0 Å². The number of hydrogen-bond acceptors (Lipinski definition) is 9. The number of esters is 3. The molecule has 8 nitrogen and oxygen atoms in total. The highest BCUT2D eigenvalue weighted by Gasteiger charge is 2.47. The topological polar surface area (TPSA) is 101 Å². The lowest BCUT2D eigenvalue weighted by atomic mass is 10.1. The molecule has 0 unspecified atom stereocenters. The second-order valence-electron chi connectivity index (χ2n) is 7.51. The largest absolute Gasteiger partial charge is 0.474 e. The van der Waals surface area contributed by atoms with Crippen LogP contribution in [0.2, 0.25) is 5.02 Å². The minimum Gasteiger partial charge on any atom is -0.474 e. The lowest BCUT2D eigenvalue weighted by Crippen LogP contribution is -2.55. The van der Waals surface area contributed by atoms with Crippen LogP contribution in [0.3, 0.4) is 0 Å². The Balaban J connectivity index is 1.88. The van der Waals surface area contributed by atoms with Gasteiger partial charge in [0.2, 0.25) is 0 Å². The third kappa shape index (κ3) is 6.61. The summed E-state index contributed by atoms with van der Waals surface area (Å²) < 4.78 is 22.3. The van der Waals surface area contributed by atoms with Crippen LogP contribution >= 0.6 is 23.4 Å². The van der Waals surface area contributed by atoms with Crippen molar-refractivity contribution >= 4 is 41.3 Å². The molecule has 0 N–H and O–H groups in total. The van der Waals surface area contributed by atoms with Crippen molar-refractivity contribution in [1.82, 2.24) is 4.98 Å². The zero-order chi connectivity index (χ0) is 24.1. The highest BCUT2D eigenvalue weighted by molar-refractivity contribution is 7.99. The summed E-state index contributed by atoms with van der Waals surface area (Å²) in [6.07, 6.45) is 0.358. The van der Waals surface area contributed by atoms with Gasteiger partial charge in [-0.2, -0.15) is 0 Å². The van der Waals surface area contributed by atoms with Crippen molar-refractivity contribution in [1.29, 1.82) is 0 Å². The number of thioether (sulfide) groups is 1. The summed E-state index contributed by atoms with van der Waals surface area (Å²) in [4.78, 5) is 39.3. The lowest BCUT2D eigenvalue weighted by Gasteiger charge is -2.39. The van der Waals surface area contributed by atoms with Gasteiger partial charge in [0, 0.05) is 48.9 Å². The van der Waals surface area contributed by atoms with Gasteiger partial charge in [-0.15, -0.1) is 11.8 Å². The molecular formula is C23H24ClNO7S. The maximum absolute atomic E-state index is 11.8. The van der Waals surface area contributed by atoms with Crippen LogP contribution in [0.1, 0.15) is 26.3 Å². The van der Waals surface area contributed by atoms with Gasteiger partial charge in [-0.05, 0) is 24.6 Å². The Morgan fingerprint density at radius 3 is 2.27 bits per heavy atom. The van der Waals surface area contributed by atoms with E-state index < -0.39 is 41.7 Å². The second-order valence-corrected chi connectivity index (χ2v) is 9.05. The van der Waals surface area contributed by atoms with Crippen LogP contribution in [-0.2, 0) is 28.6 Å². The average Bonchev–Trinajstić information content (AvgIpc) is 2.71. The van der Waals surface area contributed by atoms with Crippen molar-refractivity contribution in [3.8, 4) is 16.9 Å². The summed E-state index contributed by atoms with van der Waals surface area (Å²) >= 11 is 7.67. The molecule has 0 aliphatic carbocycles. The number of pyridine rings is 1. The number of hydrogen-bond donors (Lipinski definition) is 0. The van der Waals surface area contributed by atoms with Crippen molar-refractivity contribution in [3.05, 3.63) is 47.2 Å². The van der Waals surface area contributed by atoms with Gasteiger partial charge in [-0.3, -0.25) is 19.4 Å². The number of rotatable bonds is 6. The van der Waals surface area contributed by atoms with Crippen LogP contribution in [0.15, 0.2) is 36.7 Å². The molecule has 4 atom stereocenters. The first-order chi connectivity index (χ1) is 15.6. The van der Waals surface area contributed by atoms with Crippen molar-refractivity contribution in [2.45, 2.75) is 51.4 Å². The molecule has 10 heteroatoms. The van der Waals surface area contributed by atoms with Gasteiger partial charge in [0.1, 0.15) is 5.75 Å². The maximum atomic E-state index is 11.8. The molecule has 1 aliphatic heterocycles. The van der Waals surface area contributed by atoms with Gasteiger partial charge in [-0.1, -0.05) is 23.7 Å². The molecule has 176 valence electrons. The van der Waals surface area contributed by atoms with E-state index in [1.54, 1.807) is 12.3 Å². The molecule has 2 heterocycles. The molecule has 0 amide bonds. The Kier molecular flexibility index (Phi) is 8.20. The number of nitrogens with zero attached hydrogens (tertiary/aromatic N) is 1. The average molecular weight is 494 g/mol. The quantitative estimate of drug-likeness (QED) is 0.437. The summed E-state index contributed by atoms with van der Waals surface area (Å²) in [5.74, 6) is -1.04. The number of carbonyl (C=O) groups is 3. The van der Waals surface area contributed by atoms with Crippen LogP contribution in [0.5, 0.6) is 5.75 Å². The molecule has 33 heavy (non-hydrogen) atoms. The van der Waals surface area contributed by atoms with Crippen molar-refractivity contribution in [3.63, 3.8) is 0 Å². The van der Waals surface area contributed by atoms with Gasteiger partial charge in [0.15, 0.2) is 23.7 Å². The summed E-state index contributed by atoms with van der Waals surface area (Å²) in [5.41, 5.74) is 1.83. The van der Waals surface area contributed by atoms with E-state index in [0.29, 0.717) is 10.8 Å². The summed E-state index contributed by atoms with van der Waals surface area (Å²) in [5, 5.41) is 0.581. The van der Waals surface area contributed by atoms with E-state index in [4.69, 9.17) is 30.5 Å². The Morgan fingerprint density at radius 1 is 0.970 bits per heavy atom. The molecule has 0 radical (unpaired) electrons. The normalized spacial score (nSPS) is 22.2. The fraction of sp³-hybridized carbons (Fsp3) is 0.391. The fourth-order valence-corrected chi connectivity index (χ4v) is 4.99. The zero-order valence-electron chi connectivity index (χ0n) is 18.6. The highest BCUT2D eigenvalue weighted by Crippen LogP contribution is 2.36. The fourth-order valence-electron chi connectivity index (χ4n) is 3.43. The van der Waals surface area contributed by atoms with Crippen LogP contribution in [0.25, 0.3) is 11.1 Å². The van der Waals surface area contributed by atoms with E-state index in [-0.39, 0.29) is 5.75 Å². The van der Waals surface area contributed by atoms with Gasteiger partial charge in [0.05, 0.1) is 6.20 Å². The summed E-state index contributed by atoms with van der Waals surface area (Å²) in [7, 11) is 0. The molecule has 3 rings (SSSR count). The predicted octanol–water partition coefficient (Wildman–Crippen LogP) is 3.96. The maximum Gasteiger partial charge on any atom is 0.303 e. The molecule has 0 bridgehead atoms. The van der Waals surface area contributed by atoms with Crippen LogP contribution in [0, 0.1) is 6.92 Å². The Bertz CT molecular complexity index is 1050. The second kappa shape index (κ2) is 10.9. The molecule has 1 saturated heterocycles. The van der Waals surface area contributed by atoms with E-state index in [1.807, 2.05) is 25.1 Å². The lowest BCUT2D eigenvalue weighted by molar-refractivity contribution is -0.186. The predicted molar refractivity (Wildman–Crippen MR) is 123 cm³/mol. The Morgan fingerprint density at radius 2 is 1.64 bits per heavy atom. The molecule has 0 spiro atoms. The molecule has 1 aromatic carbocycles. The Hall–Kier alpha value is -2.78. The monoisotopic (exact) mass is 493 g/mol. The number of benzene rings is 1. The van der Waals surface area contributed by atoms with E-state index in [1.165, 1.54) is 38.7 Å². The zero-order valence-corrected chi connectivity index (χ0v) is 20.1. The number of ether oxygens (including phenoxy) is 4. The minimum absolute atomic E-state index is 0.275. The van der Waals surface area contributed by atoms with E-state index in [0.717, 1.165) is 16.7 Å². The van der Waals surface area contributed by atoms with Crippen molar-refractivity contribution in [2.75, 3.05) is 5.75 Å². The van der Waals surface area contributed by atoms with Gasteiger partial charge >= 0.3 is 17.9 Å². The first-order valence-corrected chi connectivity index (χ1v) is 11.6. The van der Waals surface area contributed by atoms with E-state index >= 15 is 0 Å². The Labute approximate surface area is 200 Å².